The highest BCUT2D eigenvalue weighted by Gasteiger charge is 2.36. The Morgan fingerprint density at radius 3 is 2.74 bits per heavy atom. The van der Waals surface area contributed by atoms with E-state index < -0.39 is 17.8 Å². The molecule has 4 rings (SSSR count). The third kappa shape index (κ3) is 6.64. The number of anilines is 1. The van der Waals surface area contributed by atoms with Gasteiger partial charge in [-0.1, -0.05) is 13.3 Å². The van der Waals surface area contributed by atoms with Gasteiger partial charge in [0.1, 0.15) is 17.6 Å². The van der Waals surface area contributed by atoms with Crippen LogP contribution in [0.5, 0.6) is 11.5 Å². The smallest absolute Gasteiger partial charge is 0.325 e. The van der Waals surface area contributed by atoms with Crippen LogP contribution < -0.4 is 14.8 Å². The third-order valence-corrected chi connectivity index (χ3v) is 7.91. The molecule has 2 aromatic rings. The average Bonchev–Trinajstić information content (AvgIpc) is 3.38. The van der Waals surface area contributed by atoms with Crippen molar-refractivity contribution in [2.24, 2.45) is 0 Å². The van der Waals surface area contributed by atoms with Crippen LogP contribution in [0.15, 0.2) is 12.1 Å². The van der Waals surface area contributed by atoms with Crippen LogP contribution in [-0.2, 0) is 28.8 Å². The second kappa shape index (κ2) is 13.4. The first-order valence-corrected chi connectivity index (χ1v) is 14.1. The molecule has 2 aliphatic rings. The summed E-state index contributed by atoms with van der Waals surface area (Å²) >= 11 is 0. The van der Waals surface area contributed by atoms with Crippen LogP contribution in [0.4, 0.5) is 10.2 Å². The topological polar surface area (TPSA) is 93.2 Å². The first-order chi connectivity index (χ1) is 18.9. The van der Waals surface area contributed by atoms with Gasteiger partial charge in [0, 0.05) is 48.6 Å². The van der Waals surface area contributed by atoms with E-state index in [-0.39, 0.29) is 11.9 Å². The number of pyridine rings is 1. The SMILES string of the molecule is CCc1cc(F)c(OC)c(C(C(=O)O)N2CC[C@@H](OCCCCCc3nc4c(c(OC)c3C)CCCN4)C2)c1. The molecule has 0 bridgehead atoms. The van der Waals surface area contributed by atoms with E-state index in [4.69, 9.17) is 19.2 Å². The number of methoxy groups -OCH3 is 2. The monoisotopic (exact) mass is 543 g/mol. The predicted octanol–water partition coefficient (Wildman–Crippen LogP) is 5.10. The van der Waals surface area contributed by atoms with Crippen molar-refractivity contribution in [1.82, 2.24) is 9.88 Å². The van der Waals surface area contributed by atoms with E-state index in [0.717, 1.165) is 79.9 Å². The first kappa shape index (κ1) is 29.1. The maximum absolute atomic E-state index is 14.6. The highest BCUT2D eigenvalue weighted by atomic mass is 19.1. The van der Waals surface area contributed by atoms with Gasteiger partial charge >= 0.3 is 5.97 Å². The van der Waals surface area contributed by atoms with Gasteiger partial charge in [-0.2, -0.15) is 0 Å². The molecule has 1 unspecified atom stereocenters. The molecule has 2 N–H and O–H groups in total. The molecular formula is C30H42FN3O5. The van der Waals surface area contributed by atoms with E-state index in [1.165, 1.54) is 18.7 Å². The summed E-state index contributed by atoms with van der Waals surface area (Å²) in [6.45, 7) is 6.65. The normalized spacial score (nSPS) is 17.9. The molecule has 0 radical (unpaired) electrons. The van der Waals surface area contributed by atoms with Crippen LogP contribution >= 0.6 is 0 Å². The molecule has 39 heavy (non-hydrogen) atoms. The highest BCUT2D eigenvalue weighted by molar-refractivity contribution is 5.77. The third-order valence-electron chi connectivity index (χ3n) is 7.91. The number of benzene rings is 1. The summed E-state index contributed by atoms with van der Waals surface area (Å²) < 4.78 is 31.7. The van der Waals surface area contributed by atoms with Gasteiger partial charge < -0.3 is 24.6 Å². The van der Waals surface area contributed by atoms with Crippen molar-refractivity contribution >= 4 is 11.8 Å². The van der Waals surface area contributed by atoms with Crippen molar-refractivity contribution in [3.8, 4) is 11.5 Å². The summed E-state index contributed by atoms with van der Waals surface area (Å²) in [5.41, 5.74) is 4.52. The van der Waals surface area contributed by atoms with Gasteiger partial charge in [0.15, 0.2) is 11.6 Å². The van der Waals surface area contributed by atoms with Crippen molar-refractivity contribution in [2.75, 3.05) is 45.8 Å². The van der Waals surface area contributed by atoms with Crippen molar-refractivity contribution in [3.63, 3.8) is 0 Å². The number of fused-ring (bicyclic) bond motifs is 1. The number of likely N-dealkylation sites (tertiary alicyclic amines) is 1. The minimum atomic E-state index is -1.01. The van der Waals surface area contributed by atoms with Gasteiger partial charge in [0.2, 0.25) is 0 Å². The second-order valence-corrected chi connectivity index (χ2v) is 10.5. The molecule has 1 aromatic heterocycles. The van der Waals surface area contributed by atoms with E-state index in [9.17, 15) is 14.3 Å². The highest BCUT2D eigenvalue weighted by Crippen LogP contribution is 2.36. The summed E-state index contributed by atoms with van der Waals surface area (Å²) in [5.74, 6) is 0.396. The Kier molecular flexibility index (Phi) is 10.0. The minimum absolute atomic E-state index is 0.000947. The number of hydrogen-bond donors (Lipinski definition) is 2. The van der Waals surface area contributed by atoms with Crippen molar-refractivity contribution in [3.05, 3.63) is 45.9 Å². The number of ether oxygens (including phenoxy) is 3. The molecule has 1 saturated heterocycles. The maximum atomic E-state index is 14.6. The Labute approximate surface area is 230 Å². The standard InChI is InChI=1S/C30H42FN3O5/c1-5-20-16-23(28(38-4)24(31)17-20)26(30(35)36)34-14-12-21(18-34)39-15-8-6-7-11-25-19(2)27(37-3)22-10-9-13-32-29(22)33-25/h16-17,21,26H,5-15,18H2,1-4H3,(H,32,33)(H,35,36)/t21-,26?/m1/s1. The number of unbranched alkanes of at least 4 members (excludes halogenated alkanes) is 2. The summed E-state index contributed by atoms with van der Waals surface area (Å²) in [6, 6.07) is 2.18. The number of nitrogens with zero attached hydrogens (tertiary/aromatic N) is 2. The Morgan fingerprint density at radius 1 is 1.23 bits per heavy atom. The van der Waals surface area contributed by atoms with Gasteiger partial charge in [0.05, 0.1) is 20.3 Å². The quantitative estimate of drug-likeness (QED) is 0.337. The molecule has 214 valence electrons. The summed E-state index contributed by atoms with van der Waals surface area (Å²) in [5, 5.41) is 13.5. The average molecular weight is 544 g/mol. The van der Waals surface area contributed by atoms with Crippen LogP contribution in [0.3, 0.4) is 0 Å². The number of rotatable bonds is 13. The first-order valence-electron chi connectivity index (χ1n) is 14.1. The van der Waals surface area contributed by atoms with Gasteiger partial charge in [-0.15, -0.1) is 0 Å². The number of nitrogens with one attached hydrogen (secondary N) is 1. The molecule has 2 atom stereocenters. The zero-order valence-corrected chi connectivity index (χ0v) is 23.6. The van der Waals surface area contributed by atoms with Gasteiger partial charge in [-0.25, -0.2) is 9.37 Å². The van der Waals surface area contributed by atoms with Crippen molar-refractivity contribution in [1.29, 1.82) is 0 Å². The maximum Gasteiger partial charge on any atom is 0.325 e. The van der Waals surface area contributed by atoms with Gasteiger partial charge in [0.25, 0.3) is 0 Å². The fourth-order valence-electron chi connectivity index (χ4n) is 5.85. The number of carboxylic acid groups (broad SMARTS) is 1. The number of hydrogen-bond acceptors (Lipinski definition) is 7. The lowest BCUT2D eigenvalue weighted by atomic mass is 9.99. The summed E-state index contributed by atoms with van der Waals surface area (Å²) in [7, 11) is 3.11. The Hall–Kier alpha value is -2.91. The number of aliphatic carboxylic acids is 1. The molecule has 3 heterocycles. The van der Waals surface area contributed by atoms with E-state index in [1.807, 2.05) is 11.8 Å². The lowest BCUT2D eigenvalue weighted by Gasteiger charge is -2.26. The molecule has 8 nitrogen and oxygen atoms in total. The fraction of sp³-hybridized carbons (Fsp3) is 0.600. The van der Waals surface area contributed by atoms with E-state index >= 15 is 0 Å². The Bertz CT molecular complexity index is 1160. The minimum Gasteiger partial charge on any atom is -0.496 e. The number of halogens is 1. The van der Waals surface area contributed by atoms with Crippen LogP contribution in [0, 0.1) is 12.7 Å². The number of carboxylic acids is 1. The van der Waals surface area contributed by atoms with Crippen molar-refractivity contribution < 1.29 is 28.5 Å². The Balaban J connectivity index is 1.27. The number of aryl methyl sites for hydroxylation is 2. The molecule has 0 aliphatic carbocycles. The van der Waals surface area contributed by atoms with Crippen LogP contribution in [-0.4, -0.2) is 67.5 Å². The molecular weight excluding hydrogens is 501 g/mol. The van der Waals surface area contributed by atoms with Crippen LogP contribution in [0.1, 0.15) is 73.0 Å². The van der Waals surface area contributed by atoms with Gasteiger partial charge in [-0.3, -0.25) is 9.69 Å². The van der Waals surface area contributed by atoms with Gasteiger partial charge in [-0.05, 0) is 69.6 Å². The zero-order valence-electron chi connectivity index (χ0n) is 23.6. The second-order valence-electron chi connectivity index (χ2n) is 10.5. The van der Waals surface area contributed by atoms with Crippen LogP contribution in [0.2, 0.25) is 0 Å². The summed E-state index contributed by atoms with van der Waals surface area (Å²) in [4.78, 5) is 19.0. The van der Waals surface area contributed by atoms with E-state index in [1.54, 1.807) is 13.2 Å². The van der Waals surface area contributed by atoms with Crippen molar-refractivity contribution in [2.45, 2.75) is 77.4 Å². The molecule has 9 heteroatoms. The molecule has 0 amide bonds. The molecule has 2 aliphatic heterocycles. The summed E-state index contributed by atoms with van der Waals surface area (Å²) in [6.07, 6.45) is 7.25. The zero-order chi connectivity index (χ0) is 27.9. The Morgan fingerprint density at radius 2 is 2.03 bits per heavy atom. The predicted molar refractivity (Wildman–Crippen MR) is 149 cm³/mol. The van der Waals surface area contributed by atoms with E-state index in [2.05, 4.69) is 12.2 Å². The number of aromatic nitrogens is 1. The molecule has 1 fully saturated rings. The van der Waals surface area contributed by atoms with Crippen LogP contribution in [0.25, 0.3) is 0 Å². The largest absolute Gasteiger partial charge is 0.496 e. The lowest BCUT2D eigenvalue weighted by molar-refractivity contribution is -0.143. The molecule has 0 saturated carbocycles. The molecule has 1 aromatic carbocycles. The lowest BCUT2D eigenvalue weighted by Crippen LogP contribution is -2.34. The molecule has 0 spiro atoms. The number of carbonyl (C=O) groups is 1. The fourth-order valence-corrected chi connectivity index (χ4v) is 5.85. The van der Waals surface area contributed by atoms with E-state index in [0.29, 0.717) is 31.7 Å².